The van der Waals surface area contributed by atoms with E-state index >= 15 is 0 Å². The molecule has 0 radical (unpaired) electrons. The SMILES string of the molecule is O=C(O)c1ccc(S(=O)(=O)Nc2ccccc2-c2ccccc2)cc1. The van der Waals surface area contributed by atoms with Crippen molar-refractivity contribution in [3.63, 3.8) is 0 Å². The van der Waals surface area contributed by atoms with Gasteiger partial charge in [-0.2, -0.15) is 0 Å². The zero-order valence-electron chi connectivity index (χ0n) is 13.1. The van der Waals surface area contributed by atoms with Crippen LogP contribution in [-0.2, 0) is 10.0 Å². The monoisotopic (exact) mass is 353 g/mol. The van der Waals surface area contributed by atoms with Crippen LogP contribution in [0, 0.1) is 0 Å². The predicted molar refractivity (Wildman–Crippen MR) is 96.1 cm³/mol. The number of para-hydroxylation sites is 1. The summed E-state index contributed by atoms with van der Waals surface area (Å²) >= 11 is 0. The number of hydrogen-bond donors (Lipinski definition) is 2. The first kappa shape index (κ1) is 16.7. The first-order valence-electron chi connectivity index (χ1n) is 7.48. The summed E-state index contributed by atoms with van der Waals surface area (Å²) in [5.74, 6) is -1.11. The van der Waals surface area contributed by atoms with Crippen molar-refractivity contribution >= 4 is 21.7 Å². The quantitative estimate of drug-likeness (QED) is 0.730. The number of carboxylic acid groups (broad SMARTS) is 1. The molecule has 5 nitrogen and oxygen atoms in total. The van der Waals surface area contributed by atoms with Gasteiger partial charge in [0.1, 0.15) is 0 Å². The van der Waals surface area contributed by atoms with Gasteiger partial charge in [-0.25, -0.2) is 13.2 Å². The fourth-order valence-corrected chi connectivity index (χ4v) is 3.50. The molecule has 0 aliphatic rings. The molecule has 0 bridgehead atoms. The van der Waals surface area contributed by atoms with Crippen molar-refractivity contribution in [1.82, 2.24) is 0 Å². The van der Waals surface area contributed by atoms with Gasteiger partial charge in [0.25, 0.3) is 10.0 Å². The summed E-state index contributed by atoms with van der Waals surface area (Å²) in [6.45, 7) is 0. The van der Waals surface area contributed by atoms with E-state index in [4.69, 9.17) is 5.11 Å². The number of carbonyl (C=O) groups is 1. The predicted octanol–water partition coefficient (Wildman–Crippen LogP) is 3.85. The Morgan fingerprint density at radius 2 is 1.40 bits per heavy atom. The van der Waals surface area contributed by atoms with Crippen LogP contribution >= 0.6 is 0 Å². The summed E-state index contributed by atoms with van der Waals surface area (Å²) < 4.78 is 27.8. The van der Waals surface area contributed by atoms with Gasteiger partial charge in [-0.1, -0.05) is 48.5 Å². The Morgan fingerprint density at radius 3 is 2.04 bits per heavy atom. The smallest absolute Gasteiger partial charge is 0.335 e. The van der Waals surface area contributed by atoms with Crippen molar-refractivity contribution in [2.45, 2.75) is 4.90 Å². The fourth-order valence-electron chi connectivity index (χ4n) is 2.42. The molecule has 0 atom stereocenters. The minimum atomic E-state index is -3.83. The molecule has 126 valence electrons. The maximum absolute atomic E-state index is 12.6. The lowest BCUT2D eigenvalue weighted by Gasteiger charge is -2.13. The van der Waals surface area contributed by atoms with Gasteiger partial charge in [-0.05, 0) is 35.9 Å². The molecule has 0 aliphatic heterocycles. The van der Waals surface area contributed by atoms with Gasteiger partial charge in [0, 0.05) is 5.56 Å². The van der Waals surface area contributed by atoms with Crippen molar-refractivity contribution < 1.29 is 18.3 Å². The molecule has 0 spiro atoms. The molecule has 0 saturated heterocycles. The lowest BCUT2D eigenvalue weighted by atomic mass is 10.0. The first-order valence-corrected chi connectivity index (χ1v) is 8.96. The topological polar surface area (TPSA) is 83.5 Å². The van der Waals surface area contributed by atoms with E-state index in [0.717, 1.165) is 11.1 Å². The molecular weight excluding hydrogens is 338 g/mol. The number of hydrogen-bond acceptors (Lipinski definition) is 3. The van der Waals surface area contributed by atoms with Crippen molar-refractivity contribution in [3.05, 3.63) is 84.4 Å². The lowest BCUT2D eigenvalue weighted by molar-refractivity contribution is 0.0696. The Bertz CT molecular complexity index is 997. The Kier molecular flexibility index (Phi) is 4.54. The van der Waals surface area contributed by atoms with Crippen LogP contribution in [-0.4, -0.2) is 19.5 Å². The van der Waals surface area contributed by atoms with E-state index in [1.807, 2.05) is 42.5 Å². The second-order valence-electron chi connectivity index (χ2n) is 5.35. The van der Waals surface area contributed by atoms with Gasteiger partial charge in [-0.15, -0.1) is 0 Å². The summed E-state index contributed by atoms with van der Waals surface area (Å²) in [5, 5.41) is 8.91. The molecule has 2 N–H and O–H groups in total. The number of anilines is 1. The molecule has 3 rings (SSSR count). The van der Waals surface area contributed by atoms with Crippen LogP contribution in [0.1, 0.15) is 10.4 Å². The highest BCUT2D eigenvalue weighted by Gasteiger charge is 2.17. The minimum absolute atomic E-state index is 0.000338. The maximum Gasteiger partial charge on any atom is 0.335 e. The van der Waals surface area contributed by atoms with Crippen LogP contribution in [0.4, 0.5) is 5.69 Å². The molecule has 0 aromatic heterocycles. The summed E-state index contributed by atoms with van der Waals surface area (Å²) in [7, 11) is -3.83. The fraction of sp³-hybridized carbons (Fsp3) is 0. The Labute approximate surface area is 145 Å². The molecule has 3 aromatic carbocycles. The molecule has 6 heteroatoms. The molecule has 0 saturated carbocycles. The van der Waals surface area contributed by atoms with Crippen molar-refractivity contribution in [2.24, 2.45) is 0 Å². The van der Waals surface area contributed by atoms with E-state index < -0.39 is 16.0 Å². The average molecular weight is 353 g/mol. The van der Waals surface area contributed by atoms with Crippen LogP contribution < -0.4 is 4.72 Å². The molecule has 0 amide bonds. The normalized spacial score (nSPS) is 11.0. The zero-order chi connectivity index (χ0) is 17.9. The summed E-state index contributed by atoms with van der Waals surface area (Å²) in [6, 6.07) is 21.6. The average Bonchev–Trinajstić information content (AvgIpc) is 2.63. The van der Waals surface area contributed by atoms with Crippen LogP contribution in [0.5, 0.6) is 0 Å². The number of benzene rings is 3. The number of carboxylic acids is 1. The minimum Gasteiger partial charge on any atom is -0.478 e. The van der Waals surface area contributed by atoms with E-state index in [2.05, 4.69) is 4.72 Å². The van der Waals surface area contributed by atoms with Crippen molar-refractivity contribution in [2.75, 3.05) is 4.72 Å². The van der Waals surface area contributed by atoms with Crippen molar-refractivity contribution in [1.29, 1.82) is 0 Å². The van der Waals surface area contributed by atoms with Gasteiger partial charge in [0.2, 0.25) is 0 Å². The Balaban J connectivity index is 1.95. The van der Waals surface area contributed by atoms with E-state index in [9.17, 15) is 13.2 Å². The van der Waals surface area contributed by atoms with Gasteiger partial charge < -0.3 is 5.11 Å². The van der Waals surface area contributed by atoms with Crippen LogP contribution in [0.15, 0.2) is 83.8 Å². The van der Waals surface area contributed by atoms with Gasteiger partial charge >= 0.3 is 5.97 Å². The van der Waals surface area contributed by atoms with E-state index in [1.54, 1.807) is 12.1 Å². The Morgan fingerprint density at radius 1 is 0.800 bits per heavy atom. The van der Waals surface area contributed by atoms with E-state index in [1.165, 1.54) is 24.3 Å². The third-order valence-corrected chi connectivity index (χ3v) is 5.05. The number of rotatable bonds is 5. The highest BCUT2D eigenvalue weighted by Crippen LogP contribution is 2.29. The Hall–Kier alpha value is -3.12. The number of nitrogens with one attached hydrogen (secondary N) is 1. The molecule has 25 heavy (non-hydrogen) atoms. The number of sulfonamides is 1. The van der Waals surface area contributed by atoms with Gasteiger partial charge in [0.15, 0.2) is 0 Å². The number of aromatic carboxylic acids is 1. The van der Waals surface area contributed by atoms with Crippen LogP contribution in [0.25, 0.3) is 11.1 Å². The largest absolute Gasteiger partial charge is 0.478 e. The van der Waals surface area contributed by atoms with Crippen LogP contribution in [0.3, 0.4) is 0 Å². The second-order valence-corrected chi connectivity index (χ2v) is 7.03. The van der Waals surface area contributed by atoms with Gasteiger partial charge in [-0.3, -0.25) is 4.72 Å². The maximum atomic E-state index is 12.6. The third-order valence-electron chi connectivity index (χ3n) is 3.67. The van der Waals surface area contributed by atoms with E-state index in [0.29, 0.717) is 5.69 Å². The summed E-state index contributed by atoms with van der Waals surface area (Å²) in [5.41, 5.74) is 2.13. The standard InChI is InChI=1S/C19H15NO4S/c21-19(22)15-10-12-16(13-11-15)25(23,24)20-18-9-5-4-8-17(18)14-6-2-1-3-7-14/h1-13,20H,(H,21,22). The van der Waals surface area contributed by atoms with E-state index in [-0.39, 0.29) is 10.5 Å². The molecule has 0 heterocycles. The summed E-state index contributed by atoms with van der Waals surface area (Å²) in [6.07, 6.45) is 0. The van der Waals surface area contributed by atoms with Crippen molar-refractivity contribution in [3.8, 4) is 11.1 Å². The zero-order valence-corrected chi connectivity index (χ0v) is 13.9. The second kappa shape index (κ2) is 6.78. The molecule has 0 fully saturated rings. The molecular formula is C19H15NO4S. The third kappa shape index (κ3) is 3.70. The molecule has 0 unspecified atom stereocenters. The first-order chi connectivity index (χ1) is 12.0. The lowest BCUT2D eigenvalue weighted by Crippen LogP contribution is -2.13. The summed E-state index contributed by atoms with van der Waals surface area (Å²) in [4.78, 5) is 10.9. The highest BCUT2D eigenvalue weighted by molar-refractivity contribution is 7.92. The molecule has 3 aromatic rings. The van der Waals surface area contributed by atoms with Crippen LogP contribution in [0.2, 0.25) is 0 Å². The highest BCUT2D eigenvalue weighted by atomic mass is 32.2. The van der Waals surface area contributed by atoms with Gasteiger partial charge in [0.05, 0.1) is 16.1 Å². The molecule has 0 aliphatic carbocycles.